The Balaban J connectivity index is 1.58. The first kappa shape index (κ1) is 19.2. The van der Waals surface area contributed by atoms with Gasteiger partial charge in [-0.3, -0.25) is 4.79 Å². The maximum atomic E-state index is 12.0. The molecule has 2 N–H and O–H groups in total. The standard InChI is InChI=1S/C16H12Cl2N6O2S/c17-11-6-10(15(26)13(18)7-11)8-19-20-14(25)9-27-16-21-22-23-24(16)12-4-2-1-3-5-12/h1-8,26H,9H2,(H,20,25)/b19-8-. The van der Waals surface area contributed by atoms with E-state index in [2.05, 4.69) is 26.1 Å². The second-order valence-corrected chi connectivity index (χ2v) is 6.90. The molecule has 138 valence electrons. The SMILES string of the molecule is O=C(CSc1nnnn1-c1ccccc1)N/N=C\c1cc(Cl)cc(Cl)c1O. The third-order valence-electron chi connectivity index (χ3n) is 3.22. The van der Waals surface area contributed by atoms with E-state index >= 15 is 0 Å². The van der Waals surface area contributed by atoms with Gasteiger partial charge >= 0.3 is 0 Å². The van der Waals surface area contributed by atoms with Gasteiger partial charge in [-0.2, -0.15) is 9.78 Å². The number of hydrogen-bond donors (Lipinski definition) is 2. The summed E-state index contributed by atoms with van der Waals surface area (Å²) in [6.07, 6.45) is 1.25. The zero-order valence-corrected chi connectivity index (χ0v) is 15.9. The Morgan fingerprint density at radius 1 is 1.30 bits per heavy atom. The van der Waals surface area contributed by atoms with Crippen LogP contribution in [-0.2, 0) is 4.79 Å². The van der Waals surface area contributed by atoms with Crippen LogP contribution in [0.15, 0.2) is 52.7 Å². The molecule has 0 aliphatic carbocycles. The predicted molar refractivity (Wildman–Crippen MR) is 104 cm³/mol. The number of amides is 1. The molecular formula is C16H12Cl2N6O2S. The van der Waals surface area contributed by atoms with Crippen molar-refractivity contribution >= 4 is 47.1 Å². The van der Waals surface area contributed by atoms with Gasteiger partial charge in [-0.05, 0) is 34.7 Å². The van der Waals surface area contributed by atoms with Crippen molar-refractivity contribution in [3.05, 3.63) is 58.1 Å². The Bertz CT molecular complexity index is 980. The molecule has 0 aliphatic rings. The number of nitrogens with zero attached hydrogens (tertiary/aromatic N) is 5. The lowest BCUT2D eigenvalue weighted by Gasteiger charge is -2.04. The highest BCUT2D eigenvalue weighted by Crippen LogP contribution is 2.29. The van der Waals surface area contributed by atoms with Gasteiger partial charge in [0.15, 0.2) is 0 Å². The number of halogens is 2. The summed E-state index contributed by atoms with van der Waals surface area (Å²) in [5, 5.41) is 26.0. The van der Waals surface area contributed by atoms with E-state index in [1.807, 2.05) is 30.3 Å². The lowest BCUT2D eigenvalue weighted by atomic mass is 10.2. The molecule has 0 radical (unpaired) electrons. The number of para-hydroxylation sites is 1. The Kier molecular flexibility index (Phi) is 6.28. The van der Waals surface area contributed by atoms with Crippen molar-refractivity contribution in [2.75, 3.05) is 5.75 Å². The average Bonchev–Trinajstić information content (AvgIpc) is 3.13. The first-order valence-electron chi connectivity index (χ1n) is 7.51. The number of thioether (sulfide) groups is 1. The summed E-state index contributed by atoms with van der Waals surface area (Å²) in [6.45, 7) is 0. The van der Waals surface area contributed by atoms with E-state index in [0.717, 1.165) is 17.4 Å². The van der Waals surface area contributed by atoms with Gasteiger partial charge in [0.2, 0.25) is 5.16 Å². The molecule has 2 aromatic carbocycles. The summed E-state index contributed by atoms with van der Waals surface area (Å²) in [5.74, 6) is -0.491. The first-order chi connectivity index (χ1) is 13.0. The smallest absolute Gasteiger partial charge is 0.250 e. The molecule has 11 heteroatoms. The molecule has 0 saturated carbocycles. The molecule has 0 unspecified atom stereocenters. The molecule has 3 rings (SSSR count). The van der Waals surface area contributed by atoms with Crippen molar-refractivity contribution in [1.82, 2.24) is 25.6 Å². The fourth-order valence-corrected chi connectivity index (χ4v) is 3.21. The van der Waals surface area contributed by atoms with Gasteiger partial charge in [-0.15, -0.1) is 5.10 Å². The Hall–Kier alpha value is -2.62. The van der Waals surface area contributed by atoms with Crippen LogP contribution in [0.5, 0.6) is 5.75 Å². The van der Waals surface area contributed by atoms with Crippen LogP contribution in [0.1, 0.15) is 5.56 Å². The van der Waals surface area contributed by atoms with Crippen LogP contribution < -0.4 is 5.43 Å². The monoisotopic (exact) mass is 422 g/mol. The molecule has 0 bridgehead atoms. The quantitative estimate of drug-likeness (QED) is 0.359. The number of nitrogens with one attached hydrogen (secondary N) is 1. The van der Waals surface area contributed by atoms with E-state index in [9.17, 15) is 9.90 Å². The van der Waals surface area contributed by atoms with Crippen molar-refractivity contribution < 1.29 is 9.90 Å². The summed E-state index contributed by atoms with van der Waals surface area (Å²) in [4.78, 5) is 12.0. The lowest BCUT2D eigenvalue weighted by molar-refractivity contribution is -0.118. The number of aromatic nitrogens is 4. The Labute approximate surface area is 168 Å². The zero-order valence-electron chi connectivity index (χ0n) is 13.6. The number of carbonyl (C=O) groups excluding carboxylic acids is 1. The third kappa shape index (κ3) is 4.97. The van der Waals surface area contributed by atoms with Crippen molar-refractivity contribution in [2.45, 2.75) is 5.16 Å². The molecule has 3 aromatic rings. The van der Waals surface area contributed by atoms with Crippen molar-refractivity contribution in [3.8, 4) is 11.4 Å². The average molecular weight is 423 g/mol. The minimum Gasteiger partial charge on any atom is -0.506 e. The summed E-state index contributed by atoms with van der Waals surface area (Å²) in [7, 11) is 0. The normalized spacial score (nSPS) is 11.0. The molecule has 0 aliphatic heterocycles. The topological polar surface area (TPSA) is 105 Å². The maximum Gasteiger partial charge on any atom is 0.250 e. The number of phenols is 1. The molecule has 1 heterocycles. The highest BCUT2D eigenvalue weighted by Gasteiger charge is 2.11. The van der Waals surface area contributed by atoms with Crippen LogP contribution in [0.3, 0.4) is 0 Å². The van der Waals surface area contributed by atoms with E-state index in [-0.39, 0.29) is 28.0 Å². The summed E-state index contributed by atoms with van der Waals surface area (Å²) in [6, 6.07) is 12.2. The van der Waals surface area contributed by atoms with Gasteiger partial charge in [0.05, 0.1) is 22.7 Å². The zero-order chi connectivity index (χ0) is 19.2. The molecule has 0 saturated heterocycles. The summed E-state index contributed by atoms with van der Waals surface area (Å²) < 4.78 is 1.53. The minimum absolute atomic E-state index is 0.0484. The third-order valence-corrected chi connectivity index (χ3v) is 4.65. The number of carbonyl (C=O) groups is 1. The number of hydrogen-bond acceptors (Lipinski definition) is 7. The number of aromatic hydroxyl groups is 1. The van der Waals surface area contributed by atoms with Crippen LogP contribution in [0.25, 0.3) is 5.69 Å². The summed E-state index contributed by atoms with van der Waals surface area (Å²) in [5.41, 5.74) is 3.43. The van der Waals surface area contributed by atoms with Gasteiger partial charge < -0.3 is 5.11 Å². The van der Waals surface area contributed by atoms with Crippen LogP contribution in [-0.4, -0.2) is 43.2 Å². The predicted octanol–water partition coefficient (Wildman–Crippen LogP) is 2.92. The van der Waals surface area contributed by atoms with Crippen molar-refractivity contribution in [1.29, 1.82) is 0 Å². The van der Waals surface area contributed by atoms with E-state index in [1.54, 1.807) is 0 Å². The molecule has 0 spiro atoms. The molecule has 8 nitrogen and oxygen atoms in total. The van der Waals surface area contributed by atoms with Gasteiger partial charge in [0.25, 0.3) is 5.91 Å². The molecule has 0 fully saturated rings. The van der Waals surface area contributed by atoms with Gasteiger partial charge in [-0.1, -0.05) is 53.2 Å². The minimum atomic E-state index is -0.369. The Morgan fingerprint density at radius 2 is 2.07 bits per heavy atom. The Morgan fingerprint density at radius 3 is 2.85 bits per heavy atom. The van der Waals surface area contributed by atoms with E-state index < -0.39 is 0 Å². The van der Waals surface area contributed by atoms with E-state index in [1.165, 1.54) is 23.0 Å². The second-order valence-electron chi connectivity index (χ2n) is 5.12. The van der Waals surface area contributed by atoms with E-state index in [0.29, 0.717) is 10.2 Å². The van der Waals surface area contributed by atoms with Gasteiger partial charge in [0, 0.05) is 10.6 Å². The highest BCUT2D eigenvalue weighted by atomic mass is 35.5. The summed E-state index contributed by atoms with van der Waals surface area (Å²) >= 11 is 12.9. The fourth-order valence-electron chi connectivity index (χ4n) is 2.02. The number of tetrazole rings is 1. The lowest BCUT2D eigenvalue weighted by Crippen LogP contribution is -2.20. The first-order valence-corrected chi connectivity index (χ1v) is 9.25. The molecule has 1 amide bonds. The number of phenolic OH excluding ortho intramolecular Hbond substituents is 1. The molecule has 27 heavy (non-hydrogen) atoms. The number of benzene rings is 2. The van der Waals surface area contributed by atoms with Crippen molar-refractivity contribution in [3.63, 3.8) is 0 Å². The maximum absolute atomic E-state index is 12.0. The number of hydrazone groups is 1. The van der Waals surface area contributed by atoms with Crippen LogP contribution in [0.4, 0.5) is 0 Å². The fraction of sp³-hybridized carbons (Fsp3) is 0.0625. The largest absolute Gasteiger partial charge is 0.506 e. The van der Waals surface area contributed by atoms with E-state index in [4.69, 9.17) is 23.2 Å². The number of rotatable bonds is 6. The van der Waals surface area contributed by atoms with Crippen molar-refractivity contribution in [2.24, 2.45) is 5.10 Å². The van der Waals surface area contributed by atoms with Crippen LogP contribution in [0.2, 0.25) is 10.0 Å². The molecule has 1 aromatic heterocycles. The molecule has 0 atom stereocenters. The second kappa shape index (κ2) is 8.85. The van der Waals surface area contributed by atoms with Crippen LogP contribution in [0, 0.1) is 0 Å². The van der Waals surface area contributed by atoms with Gasteiger partial charge in [0.1, 0.15) is 5.75 Å². The van der Waals surface area contributed by atoms with Crippen LogP contribution >= 0.6 is 35.0 Å². The highest BCUT2D eigenvalue weighted by molar-refractivity contribution is 7.99. The molecular weight excluding hydrogens is 411 g/mol. The van der Waals surface area contributed by atoms with Gasteiger partial charge in [-0.25, -0.2) is 5.43 Å².